The fourth-order valence-electron chi connectivity index (χ4n) is 1.91. The number of halogens is 2. The zero-order valence-electron chi connectivity index (χ0n) is 8.00. The predicted molar refractivity (Wildman–Crippen MR) is 48.1 cm³/mol. The van der Waals surface area contributed by atoms with Crippen LogP contribution < -0.4 is 5.32 Å². The van der Waals surface area contributed by atoms with Crippen molar-refractivity contribution in [2.45, 2.75) is 25.3 Å². The molecule has 5 heteroatoms. The molecule has 1 aliphatic rings. The van der Waals surface area contributed by atoms with Gasteiger partial charge in [-0.2, -0.15) is 5.10 Å². The maximum absolute atomic E-state index is 12.6. The standard InChI is InChI=1S/C9H13F2N3/c1-14-5-6(7-3-2-4-12-7)8(13-14)9(10)11/h5,7,9,12H,2-4H2,1H3. The van der Waals surface area contributed by atoms with Crippen LogP contribution in [0, 0.1) is 0 Å². The summed E-state index contributed by atoms with van der Waals surface area (Å²) in [6.45, 7) is 0.905. The maximum Gasteiger partial charge on any atom is 0.282 e. The van der Waals surface area contributed by atoms with E-state index in [1.165, 1.54) is 4.68 Å². The third kappa shape index (κ3) is 1.64. The van der Waals surface area contributed by atoms with Gasteiger partial charge in [0.1, 0.15) is 5.69 Å². The lowest BCUT2D eigenvalue weighted by Crippen LogP contribution is -2.13. The van der Waals surface area contributed by atoms with Crippen LogP contribution in [0.15, 0.2) is 6.20 Å². The molecule has 1 aromatic heterocycles. The van der Waals surface area contributed by atoms with Gasteiger partial charge in [-0.05, 0) is 19.4 Å². The van der Waals surface area contributed by atoms with Crippen molar-refractivity contribution >= 4 is 0 Å². The van der Waals surface area contributed by atoms with Crippen molar-refractivity contribution in [1.29, 1.82) is 0 Å². The summed E-state index contributed by atoms with van der Waals surface area (Å²) < 4.78 is 26.6. The van der Waals surface area contributed by atoms with Crippen molar-refractivity contribution in [3.8, 4) is 0 Å². The van der Waals surface area contributed by atoms with Crippen LogP contribution in [0.1, 0.15) is 36.6 Å². The average Bonchev–Trinajstić information content (AvgIpc) is 2.70. The van der Waals surface area contributed by atoms with Gasteiger partial charge in [-0.25, -0.2) is 8.78 Å². The molecule has 2 heterocycles. The molecule has 0 saturated carbocycles. The molecular weight excluding hydrogens is 188 g/mol. The van der Waals surface area contributed by atoms with E-state index >= 15 is 0 Å². The van der Waals surface area contributed by atoms with Gasteiger partial charge >= 0.3 is 0 Å². The van der Waals surface area contributed by atoms with E-state index in [2.05, 4.69) is 10.4 Å². The smallest absolute Gasteiger partial charge is 0.282 e. The molecule has 1 saturated heterocycles. The van der Waals surface area contributed by atoms with Crippen LogP contribution in [0.25, 0.3) is 0 Å². The molecule has 14 heavy (non-hydrogen) atoms. The molecule has 0 aromatic carbocycles. The average molecular weight is 201 g/mol. The second-order valence-corrected chi connectivity index (χ2v) is 3.59. The van der Waals surface area contributed by atoms with Crippen molar-refractivity contribution in [3.05, 3.63) is 17.5 Å². The first-order valence-electron chi connectivity index (χ1n) is 4.73. The lowest BCUT2D eigenvalue weighted by molar-refractivity contribution is 0.143. The van der Waals surface area contributed by atoms with Gasteiger partial charge in [-0.15, -0.1) is 0 Å². The highest BCUT2D eigenvalue weighted by atomic mass is 19.3. The minimum atomic E-state index is -2.48. The lowest BCUT2D eigenvalue weighted by atomic mass is 10.1. The van der Waals surface area contributed by atoms with Gasteiger partial charge in [-0.1, -0.05) is 0 Å². The van der Waals surface area contributed by atoms with Crippen LogP contribution in [0.5, 0.6) is 0 Å². The molecule has 0 aliphatic carbocycles. The molecule has 1 atom stereocenters. The summed E-state index contributed by atoms with van der Waals surface area (Å²) >= 11 is 0. The Kier molecular flexibility index (Phi) is 2.50. The quantitative estimate of drug-likeness (QED) is 0.790. The second-order valence-electron chi connectivity index (χ2n) is 3.59. The van der Waals surface area contributed by atoms with Crippen molar-refractivity contribution in [1.82, 2.24) is 15.1 Å². The van der Waals surface area contributed by atoms with Gasteiger partial charge in [-0.3, -0.25) is 4.68 Å². The minimum absolute atomic E-state index is 0.0627. The molecule has 1 unspecified atom stereocenters. The number of alkyl halides is 2. The van der Waals surface area contributed by atoms with Crippen LogP contribution in [0.2, 0.25) is 0 Å². The number of aryl methyl sites for hydroxylation is 1. The first kappa shape index (κ1) is 9.58. The number of hydrogen-bond donors (Lipinski definition) is 1. The molecule has 0 spiro atoms. The number of aromatic nitrogens is 2. The first-order valence-corrected chi connectivity index (χ1v) is 4.73. The van der Waals surface area contributed by atoms with Gasteiger partial charge in [0.15, 0.2) is 0 Å². The third-order valence-corrected chi connectivity index (χ3v) is 2.53. The Morgan fingerprint density at radius 1 is 1.64 bits per heavy atom. The highest BCUT2D eigenvalue weighted by Gasteiger charge is 2.25. The van der Waals surface area contributed by atoms with E-state index in [9.17, 15) is 8.78 Å². The molecule has 0 amide bonds. The Morgan fingerprint density at radius 3 is 3.00 bits per heavy atom. The number of rotatable bonds is 2. The minimum Gasteiger partial charge on any atom is -0.310 e. The molecule has 1 N–H and O–H groups in total. The van der Waals surface area contributed by atoms with Crippen molar-refractivity contribution in [2.24, 2.45) is 7.05 Å². The molecule has 0 radical (unpaired) electrons. The molecule has 1 fully saturated rings. The number of nitrogens with zero attached hydrogens (tertiary/aromatic N) is 2. The summed E-state index contributed by atoms with van der Waals surface area (Å²) in [7, 11) is 1.67. The number of hydrogen-bond acceptors (Lipinski definition) is 2. The van der Waals surface area contributed by atoms with Crippen molar-refractivity contribution in [3.63, 3.8) is 0 Å². The molecule has 3 nitrogen and oxygen atoms in total. The van der Waals surface area contributed by atoms with E-state index < -0.39 is 6.43 Å². The molecule has 0 bridgehead atoms. The highest BCUT2D eigenvalue weighted by Crippen LogP contribution is 2.30. The van der Waals surface area contributed by atoms with E-state index in [0.717, 1.165) is 19.4 Å². The number of nitrogens with one attached hydrogen (secondary N) is 1. The Bertz CT molecular complexity index is 316. The fourth-order valence-corrected chi connectivity index (χ4v) is 1.91. The first-order chi connectivity index (χ1) is 6.68. The summed E-state index contributed by atoms with van der Waals surface area (Å²) in [6.07, 6.45) is 1.17. The lowest BCUT2D eigenvalue weighted by Gasteiger charge is -2.09. The molecular formula is C9H13F2N3. The van der Waals surface area contributed by atoms with E-state index in [1.807, 2.05) is 0 Å². The largest absolute Gasteiger partial charge is 0.310 e. The topological polar surface area (TPSA) is 29.9 Å². The highest BCUT2D eigenvalue weighted by molar-refractivity contribution is 5.23. The van der Waals surface area contributed by atoms with Crippen LogP contribution in [-0.4, -0.2) is 16.3 Å². The normalized spacial score (nSPS) is 22.1. The van der Waals surface area contributed by atoms with Crippen LogP contribution >= 0.6 is 0 Å². The zero-order chi connectivity index (χ0) is 10.1. The zero-order valence-corrected chi connectivity index (χ0v) is 8.00. The van der Waals surface area contributed by atoms with Gasteiger partial charge in [0.05, 0.1) is 0 Å². The van der Waals surface area contributed by atoms with Crippen LogP contribution in [0.4, 0.5) is 8.78 Å². The van der Waals surface area contributed by atoms with E-state index in [0.29, 0.717) is 5.56 Å². The van der Waals surface area contributed by atoms with Crippen LogP contribution in [0.3, 0.4) is 0 Å². The summed E-state index contributed by atoms with van der Waals surface area (Å²) in [6, 6.07) is 0.0627. The third-order valence-electron chi connectivity index (χ3n) is 2.53. The Labute approximate surface area is 81.1 Å². The molecule has 1 aliphatic heterocycles. The SMILES string of the molecule is Cn1cc(C2CCCN2)c(C(F)F)n1. The van der Waals surface area contributed by atoms with Crippen LogP contribution in [-0.2, 0) is 7.05 Å². The Balaban J connectivity index is 2.30. The van der Waals surface area contributed by atoms with Gasteiger partial charge in [0.2, 0.25) is 0 Å². The van der Waals surface area contributed by atoms with Crippen molar-refractivity contribution in [2.75, 3.05) is 6.54 Å². The Hall–Kier alpha value is -0.970. The molecule has 78 valence electrons. The van der Waals surface area contributed by atoms with Crippen molar-refractivity contribution < 1.29 is 8.78 Å². The fraction of sp³-hybridized carbons (Fsp3) is 0.667. The Morgan fingerprint density at radius 2 is 2.43 bits per heavy atom. The van der Waals surface area contributed by atoms with E-state index in [4.69, 9.17) is 0 Å². The summed E-state index contributed by atoms with van der Waals surface area (Å²) in [5.74, 6) is 0. The summed E-state index contributed by atoms with van der Waals surface area (Å²) in [4.78, 5) is 0. The summed E-state index contributed by atoms with van der Waals surface area (Å²) in [5.41, 5.74) is 0.576. The van der Waals surface area contributed by atoms with Gasteiger partial charge in [0.25, 0.3) is 6.43 Å². The predicted octanol–water partition coefficient (Wildman–Crippen LogP) is 1.78. The maximum atomic E-state index is 12.6. The van der Waals surface area contributed by atoms with Gasteiger partial charge < -0.3 is 5.32 Å². The van der Waals surface area contributed by atoms with Gasteiger partial charge in [0, 0.05) is 24.8 Å². The second kappa shape index (κ2) is 3.65. The monoisotopic (exact) mass is 201 g/mol. The van der Waals surface area contributed by atoms with E-state index in [-0.39, 0.29) is 11.7 Å². The molecule has 2 rings (SSSR count). The van der Waals surface area contributed by atoms with E-state index in [1.54, 1.807) is 13.2 Å². The summed E-state index contributed by atoms with van der Waals surface area (Å²) in [5, 5.41) is 6.98. The molecule has 1 aromatic rings.